The van der Waals surface area contributed by atoms with E-state index in [1.54, 1.807) is 31.1 Å². The van der Waals surface area contributed by atoms with E-state index in [1.807, 2.05) is 0 Å². The van der Waals surface area contributed by atoms with Crippen molar-refractivity contribution in [1.29, 1.82) is 0 Å². The zero-order chi connectivity index (χ0) is 23.5. The molecule has 0 aliphatic carbocycles. The topological polar surface area (TPSA) is 96.0 Å². The first-order valence-electron chi connectivity index (χ1n) is 8.51. The summed E-state index contributed by atoms with van der Waals surface area (Å²) >= 11 is 1.57. The van der Waals surface area contributed by atoms with Crippen LogP contribution >= 0.6 is 23.4 Å². The Hall–Kier alpha value is -2.96. The largest absolute Gasteiger partial charge is 0.691 e. The van der Waals surface area contributed by atoms with E-state index < -0.39 is 17.4 Å². The van der Waals surface area contributed by atoms with E-state index in [9.17, 15) is 18.4 Å². The third kappa shape index (κ3) is 5.09. The molecular formula is C18H13F3N5O4S2-. The second-order valence-corrected chi connectivity index (χ2v) is 8.00. The van der Waals surface area contributed by atoms with Crippen LogP contribution in [0.25, 0.3) is 15.1 Å². The Balaban J connectivity index is 2.03. The fraction of sp³-hybridized carbons (Fsp3) is 0.222. The van der Waals surface area contributed by atoms with Crippen LogP contribution in [0.5, 0.6) is 5.75 Å². The molecule has 0 aliphatic rings. The van der Waals surface area contributed by atoms with Crippen LogP contribution in [0, 0.1) is 6.57 Å². The predicted octanol–water partition coefficient (Wildman–Crippen LogP) is 5.59. The average molecular weight is 484 g/mol. The lowest BCUT2D eigenvalue weighted by Crippen LogP contribution is -2.10. The van der Waals surface area contributed by atoms with Crippen LogP contribution in [-0.2, 0) is 15.5 Å². The van der Waals surface area contributed by atoms with Crippen LogP contribution in [0.2, 0.25) is 0 Å². The van der Waals surface area contributed by atoms with Crippen LogP contribution < -0.4 is 14.9 Å². The number of thiazole rings is 1. The van der Waals surface area contributed by atoms with E-state index in [0.717, 1.165) is 23.5 Å². The molecule has 1 heterocycles. The summed E-state index contributed by atoms with van der Waals surface area (Å²) in [6.07, 6.45) is -4.68. The van der Waals surface area contributed by atoms with Crippen molar-refractivity contribution >= 4 is 55.8 Å². The Bertz CT molecular complexity index is 1210. The van der Waals surface area contributed by atoms with Gasteiger partial charge in [0.2, 0.25) is 10.8 Å². The smallest absolute Gasteiger partial charge is 0.407 e. The van der Waals surface area contributed by atoms with Gasteiger partial charge >= 0.3 is 6.18 Å². The van der Waals surface area contributed by atoms with Gasteiger partial charge in [0, 0.05) is 24.9 Å². The predicted molar refractivity (Wildman–Crippen MR) is 110 cm³/mol. The molecule has 14 heteroatoms. The highest BCUT2D eigenvalue weighted by molar-refractivity contribution is 7.94. The van der Waals surface area contributed by atoms with Gasteiger partial charge in [0.05, 0.1) is 47.4 Å². The van der Waals surface area contributed by atoms with Gasteiger partial charge in [-0.2, -0.15) is 17.5 Å². The van der Waals surface area contributed by atoms with Gasteiger partial charge in [-0.15, -0.1) is 10.2 Å². The number of fused-ring (bicyclic) bond motifs is 1. The minimum Gasteiger partial charge on any atom is -0.691 e. The minimum atomic E-state index is -4.68. The van der Waals surface area contributed by atoms with Crippen molar-refractivity contribution in [2.75, 3.05) is 26.1 Å². The Labute approximate surface area is 187 Å². The molecule has 0 saturated carbocycles. The van der Waals surface area contributed by atoms with Gasteiger partial charge in [0.15, 0.2) is 0 Å². The molecule has 9 nitrogen and oxygen atoms in total. The molecule has 0 unspecified atom stereocenters. The third-order valence-corrected chi connectivity index (χ3v) is 5.59. The summed E-state index contributed by atoms with van der Waals surface area (Å²) in [6.45, 7) is 7.01. The molecule has 32 heavy (non-hydrogen) atoms. The van der Waals surface area contributed by atoms with Crippen molar-refractivity contribution in [2.45, 2.75) is 11.1 Å². The molecule has 0 spiro atoms. The highest BCUT2D eigenvalue weighted by Crippen LogP contribution is 2.43. The van der Waals surface area contributed by atoms with E-state index in [2.05, 4.69) is 29.4 Å². The molecule has 0 amide bonds. The fourth-order valence-electron chi connectivity index (χ4n) is 2.66. The summed E-state index contributed by atoms with van der Waals surface area (Å²) < 4.78 is 49.6. The van der Waals surface area contributed by atoms with E-state index >= 15 is 0 Å². The molecule has 0 bridgehead atoms. The highest BCUT2D eigenvalue weighted by Gasteiger charge is 2.34. The van der Waals surface area contributed by atoms with Crippen molar-refractivity contribution < 1.29 is 32.5 Å². The maximum Gasteiger partial charge on any atom is 0.407 e. The van der Waals surface area contributed by atoms with Crippen LogP contribution in [0.3, 0.4) is 0 Å². The van der Waals surface area contributed by atoms with E-state index in [1.165, 1.54) is 7.11 Å². The molecule has 0 saturated heterocycles. The van der Waals surface area contributed by atoms with Crippen molar-refractivity contribution in [3.8, 4) is 5.75 Å². The molecule has 168 valence electrons. The maximum absolute atomic E-state index is 13.2. The van der Waals surface area contributed by atoms with Gasteiger partial charge in [-0.1, -0.05) is 11.3 Å². The SMILES string of the molecule is [C-]#[N+]c1cc2sc(N=Nc3cc(OC)c(N(C)C)cc3SOO[O-])nc2cc1C(F)(F)F. The van der Waals surface area contributed by atoms with Crippen molar-refractivity contribution in [3.05, 3.63) is 41.2 Å². The van der Waals surface area contributed by atoms with E-state index in [0.29, 0.717) is 33.1 Å². The van der Waals surface area contributed by atoms with Crippen LogP contribution in [0.1, 0.15) is 5.56 Å². The number of aromatic nitrogens is 1. The van der Waals surface area contributed by atoms with Crippen LogP contribution in [0.4, 0.5) is 35.4 Å². The molecule has 0 radical (unpaired) electrons. The van der Waals surface area contributed by atoms with Gasteiger partial charge in [-0.3, -0.25) is 5.04 Å². The quantitative estimate of drug-likeness (QED) is 0.142. The standard InChI is InChI=1S/C18H14F3N5O4S2/c1-22-10-7-15-11(5-9(10)18(19,20)21)23-17(31-15)25-24-12-6-14(28-4)13(26(2)3)8-16(12)32-30-29-27/h5-8,27H,2-4H3/p-1. The van der Waals surface area contributed by atoms with Gasteiger partial charge in [-0.05, 0) is 18.2 Å². The number of hydrogen-bond donors (Lipinski definition) is 0. The van der Waals surface area contributed by atoms with Gasteiger partial charge < -0.3 is 14.9 Å². The monoisotopic (exact) mass is 484 g/mol. The normalized spacial score (nSPS) is 11.8. The van der Waals surface area contributed by atoms with Gasteiger partial charge in [0.1, 0.15) is 11.4 Å². The zero-order valence-electron chi connectivity index (χ0n) is 16.6. The number of ether oxygens (including phenoxy) is 1. The number of rotatable bonds is 7. The molecule has 2 aromatic carbocycles. The molecule has 3 rings (SSSR count). The average Bonchev–Trinajstić information content (AvgIpc) is 3.16. The van der Waals surface area contributed by atoms with E-state index in [4.69, 9.17) is 11.3 Å². The second-order valence-electron chi connectivity index (χ2n) is 6.25. The van der Waals surface area contributed by atoms with Crippen molar-refractivity contribution in [1.82, 2.24) is 4.98 Å². The number of anilines is 1. The molecular weight excluding hydrogens is 471 g/mol. The Morgan fingerprint density at radius 3 is 2.56 bits per heavy atom. The lowest BCUT2D eigenvalue weighted by Gasteiger charge is -2.18. The second kappa shape index (κ2) is 9.67. The number of alkyl halides is 3. The number of halogens is 3. The molecule has 0 atom stereocenters. The molecule has 0 N–H and O–H groups in total. The zero-order valence-corrected chi connectivity index (χ0v) is 18.3. The first kappa shape index (κ1) is 23.7. The van der Waals surface area contributed by atoms with Crippen molar-refractivity contribution in [3.63, 3.8) is 0 Å². The lowest BCUT2D eigenvalue weighted by molar-refractivity contribution is -0.777. The highest BCUT2D eigenvalue weighted by atomic mass is 32.2. The Morgan fingerprint density at radius 1 is 1.22 bits per heavy atom. The molecule has 1 aromatic heterocycles. The summed E-state index contributed by atoms with van der Waals surface area (Å²) in [5, 5.41) is 21.8. The third-order valence-electron chi connectivity index (χ3n) is 4.06. The summed E-state index contributed by atoms with van der Waals surface area (Å²) in [5.74, 6) is 0.456. The molecule has 3 aromatic rings. The van der Waals surface area contributed by atoms with Crippen LogP contribution in [-0.4, -0.2) is 26.2 Å². The Kier molecular flexibility index (Phi) is 7.16. The summed E-state index contributed by atoms with van der Waals surface area (Å²) in [4.78, 5) is 9.15. The van der Waals surface area contributed by atoms with Gasteiger partial charge in [0.25, 0.3) is 0 Å². The van der Waals surface area contributed by atoms with E-state index in [-0.39, 0.29) is 16.3 Å². The maximum atomic E-state index is 13.2. The molecule has 0 aliphatic heterocycles. The number of hydrogen-bond acceptors (Lipinski definition) is 10. The Morgan fingerprint density at radius 2 is 1.97 bits per heavy atom. The van der Waals surface area contributed by atoms with Gasteiger partial charge in [-0.25, -0.2) is 9.83 Å². The summed E-state index contributed by atoms with van der Waals surface area (Å²) in [5.41, 5.74) is -0.635. The fourth-order valence-corrected chi connectivity index (χ4v) is 3.90. The number of azo groups is 1. The summed E-state index contributed by atoms with van der Waals surface area (Å²) in [7, 11) is 5.03. The minimum absolute atomic E-state index is 0.0434. The van der Waals surface area contributed by atoms with Crippen molar-refractivity contribution in [2.24, 2.45) is 10.2 Å². The number of benzene rings is 2. The first-order chi connectivity index (χ1) is 15.2. The summed E-state index contributed by atoms with van der Waals surface area (Å²) in [6, 6.07) is 5.11. The number of nitrogens with zero attached hydrogens (tertiary/aromatic N) is 5. The van der Waals surface area contributed by atoms with Crippen LogP contribution in [0.15, 0.2) is 39.4 Å². The lowest BCUT2D eigenvalue weighted by atomic mass is 10.1. The number of methoxy groups -OCH3 is 1. The first-order valence-corrected chi connectivity index (χ1v) is 10.1. The molecule has 0 fully saturated rings.